The summed E-state index contributed by atoms with van der Waals surface area (Å²) < 4.78 is 41.2. The molecule has 4 rings (SSSR count). The third-order valence-corrected chi connectivity index (χ3v) is 6.68. The Labute approximate surface area is 164 Å². The quantitative estimate of drug-likeness (QED) is 0.738. The van der Waals surface area contributed by atoms with E-state index in [0.29, 0.717) is 44.7 Å². The lowest BCUT2D eigenvalue weighted by Crippen LogP contribution is -2.49. The van der Waals surface area contributed by atoms with E-state index in [-0.39, 0.29) is 17.3 Å². The fraction of sp³-hybridized carbons (Fsp3) is 0.474. The summed E-state index contributed by atoms with van der Waals surface area (Å²) in [5.74, 6) is -0.928. The Morgan fingerprint density at radius 1 is 1.11 bits per heavy atom. The number of hydrogen-bond acceptors (Lipinski definition) is 5. The molecule has 28 heavy (non-hydrogen) atoms. The Balaban J connectivity index is 1.59. The van der Waals surface area contributed by atoms with Crippen LogP contribution in [0.3, 0.4) is 0 Å². The number of aryl methyl sites for hydroxylation is 1. The molecule has 0 aromatic heterocycles. The van der Waals surface area contributed by atoms with Crippen molar-refractivity contribution in [2.45, 2.75) is 25.6 Å². The minimum atomic E-state index is -3.97. The molecule has 0 radical (unpaired) electrons. The van der Waals surface area contributed by atoms with Gasteiger partial charge >= 0.3 is 10.2 Å². The summed E-state index contributed by atoms with van der Waals surface area (Å²) in [4.78, 5) is 14.7. The molecule has 3 aliphatic rings. The summed E-state index contributed by atoms with van der Waals surface area (Å²) in [6.45, 7) is 3.97. The van der Waals surface area contributed by atoms with Crippen LogP contribution in [0.5, 0.6) is 0 Å². The van der Waals surface area contributed by atoms with Gasteiger partial charge < -0.3 is 14.4 Å². The molecule has 8 nitrogen and oxygen atoms in total. The van der Waals surface area contributed by atoms with Crippen molar-refractivity contribution in [3.05, 3.63) is 47.2 Å². The van der Waals surface area contributed by atoms with Gasteiger partial charge in [-0.05, 0) is 13.0 Å². The van der Waals surface area contributed by atoms with E-state index < -0.39 is 16.0 Å². The zero-order valence-electron chi connectivity index (χ0n) is 15.9. The summed E-state index contributed by atoms with van der Waals surface area (Å²) in [5.41, 5.74) is 2.06. The van der Waals surface area contributed by atoms with Crippen LogP contribution in [0.4, 0.5) is 0 Å². The maximum absolute atomic E-state index is 13.1. The summed E-state index contributed by atoms with van der Waals surface area (Å²) in [7, 11) is -2.62. The standard InChI is InChI=1S/C19H23N3O5S/c1-14-3-5-15(6-4-14)16-13-17(21(2)28(24,25)20-16)18(23)22-9-7-19(8-10-22)26-11-12-27-19/h3-6,13H,7-12H2,1-2H3. The average molecular weight is 405 g/mol. The molecule has 2 saturated heterocycles. The van der Waals surface area contributed by atoms with E-state index in [1.54, 1.807) is 23.1 Å². The summed E-state index contributed by atoms with van der Waals surface area (Å²) in [6, 6.07) is 7.35. The number of carbonyl (C=O) groups is 1. The highest BCUT2D eigenvalue weighted by atomic mass is 32.2. The number of likely N-dealkylation sites (N-methyl/N-ethyl adjacent to an activating group) is 1. The Morgan fingerprint density at radius 2 is 1.71 bits per heavy atom. The first-order chi connectivity index (χ1) is 13.3. The van der Waals surface area contributed by atoms with E-state index in [4.69, 9.17) is 9.47 Å². The van der Waals surface area contributed by atoms with Crippen LogP contribution in [0, 0.1) is 6.92 Å². The molecular weight excluding hydrogens is 382 g/mol. The van der Waals surface area contributed by atoms with Gasteiger partial charge in [-0.15, -0.1) is 4.40 Å². The van der Waals surface area contributed by atoms with E-state index in [0.717, 1.165) is 9.87 Å². The molecule has 3 heterocycles. The van der Waals surface area contributed by atoms with E-state index in [1.165, 1.54) is 7.05 Å². The number of amides is 1. The van der Waals surface area contributed by atoms with Crippen LogP contribution in [0.15, 0.2) is 40.4 Å². The number of carbonyl (C=O) groups excluding carboxylic acids is 1. The molecule has 0 atom stereocenters. The van der Waals surface area contributed by atoms with Gasteiger partial charge in [-0.3, -0.25) is 4.79 Å². The van der Waals surface area contributed by atoms with Crippen molar-refractivity contribution in [3.63, 3.8) is 0 Å². The molecule has 0 saturated carbocycles. The fourth-order valence-corrected chi connectivity index (χ4v) is 4.52. The fourth-order valence-electron chi connectivity index (χ4n) is 3.61. The number of nitrogens with zero attached hydrogens (tertiary/aromatic N) is 3. The van der Waals surface area contributed by atoms with Crippen LogP contribution >= 0.6 is 0 Å². The average Bonchev–Trinajstić information content (AvgIpc) is 3.12. The Bertz CT molecular complexity index is 936. The maximum Gasteiger partial charge on any atom is 0.345 e. The molecule has 1 spiro atoms. The van der Waals surface area contributed by atoms with Crippen LogP contribution in [-0.4, -0.2) is 68.4 Å². The molecule has 9 heteroatoms. The highest BCUT2D eigenvalue weighted by molar-refractivity contribution is 7.88. The van der Waals surface area contributed by atoms with Crippen LogP contribution < -0.4 is 0 Å². The van der Waals surface area contributed by atoms with Crippen molar-refractivity contribution >= 4 is 21.8 Å². The van der Waals surface area contributed by atoms with E-state index in [1.807, 2.05) is 19.1 Å². The summed E-state index contributed by atoms with van der Waals surface area (Å²) >= 11 is 0. The summed E-state index contributed by atoms with van der Waals surface area (Å²) in [6.07, 6.45) is 2.68. The minimum Gasteiger partial charge on any atom is -0.347 e. The van der Waals surface area contributed by atoms with Gasteiger partial charge in [-0.2, -0.15) is 8.42 Å². The normalized spacial score (nSPS) is 23.5. The number of benzene rings is 1. The molecule has 1 aromatic rings. The van der Waals surface area contributed by atoms with E-state index >= 15 is 0 Å². The van der Waals surface area contributed by atoms with Gasteiger partial charge in [0.2, 0.25) is 0 Å². The number of hydrogen-bond donors (Lipinski definition) is 0. The molecule has 0 unspecified atom stereocenters. The number of piperidine rings is 1. The number of rotatable bonds is 2. The number of likely N-dealkylation sites (tertiary alicyclic amines) is 1. The Kier molecular flexibility index (Phi) is 4.76. The van der Waals surface area contributed by atoms with Crippen molar-refractivity contribution in [2.24, 2.45) is 4.40 Å². The largest absolute Gasteiger partial charge is 0.347 e. The van der Waals surface area contributed by atoms with Crippen LogP contribution in [0.2, 0.25) is 0 Å². The van der Waals surface area contributed by atoms with Crippen molar-refractivity contribution < 1.29 is 22.7 Å². The van der Waals surface area contributed by atoms with E-state index in [2.05, 4.69) is 4.40 Å². The lowest BCUT2D eigenvalue weighted by Gasteiger charge is -2.38. The number of allylic oxidation sites excluding steroid dienone is 1. The van der Waals surface area contributed by atoms with Crippen LogP contribution in [-0.2, 0) is 24.5 Å². The Morgan fingerprint density at radius 3 is 2.32 bits per heavy atom. The van der Waals surface area contributed by atoms with Gasteiger partial charge in [0.25, 0.3) is 5.91 Å². The SMILES string of the molecule is Cc1ccc(C2=NS(=O)(=O)N(C)C(C(=O)N3CCC4(CC3)OCCO4)=C2)cc1. The van der Waals surface area contributed by atoms with Crippen LogP contribution in [0.1, 0.15) is 24.0 Å². The first kappa shape index (κ1) is 19.1. The van der Waals surface area contributed by atoms with Gasteiger partial charge in [-0.25, -0.2) is 4.31 Å². The lowest BCUT2D eigenvalue weighted by atomic mass is 10.0. The smallest absolute Gasteiger partial charge is 0.345 e. The molecule has 0 N–H and O–H groups in total. The molecule has 3 aliphatic heterocycles. The Hall–Kier alpha value is -2.23. The highest BCUT2D eigenvalue weighted by Gasteiger charge is 2.42. The van der Waals surface area contributed by atoms with Gasteiger partial charge in [0.05, 0.1) is 18.9 Å². The second-order valence-corrected chi connectivity index (χ2v) is 8.84. The molecular formula is C19H23N3O5S. The van der Waals surface area contributed by atoms with Gasteiger partial charge in [0, 0.05) is 38.5 Å². The maximum atomic E-state index is 13.1. The lowest BCUT2D eigenvalue weighted by molar-refractivity contribution is -0.186. The van der Waals surface area contributed by atoms with Gasteiger partial charge in [0.15, 0.2) is 5.79 Å². The van der Waals surface area contributed by atoms with Gasteiger partial charge in [-0.1, -0.05) is 29.8 Å². The van der Waals surface area contributed by atoms with Crippen LogP contribution in [0.25, 0.3) is 0 Å². The molecule has 1 aromatic carbocycles. The highest BCUT2D eigenvalue weighted by Crippen LogP contribution is 2.32. The third kappa shape index (κ3) is 3.45. The summed E-state index contributed by atoms with van der Waals surface area (Å²) in [5, 5.41) is 0. The van der Waals surface area contributed by atoms with Crippen molar-refractivity contribution in [3.8, 4) is 0 Å². The molecule has 1 amide bonds. The first-order valence-electron chi connectivity index (χ1n) is 9.24. The second-order valence-electron chi connectivity index (χ2n) is 7.22. The minimum absolute atomic E-state index is 0.0924. The van der Waals surface area contributed by atoms with Gasteiger partial charge in [0.1, 0.15) is 5.70 Å². The first-order valence-corrected chi connectivity index (χ1v) is 10.6. The monoisotopic (exact) mass is 405 g/mol. The van der Waals surface area contributed by atoms with E-state index in [9.17, 15) is 13.2 Å². The zero-order valence-corrected chi connectivity index (χ0v) is 16.7. The third-order valence-electron chi connectivity index (χ3n) is 5.36. The molecule has 150 valence electrons. The molecule has 2 fully saturated rings. The van der Waals surface area contributed by atoms with Crippen molar-refractivity contribution in [1.29, 1.82) is 0 Å². The second kappa shape index (κ2) is 6.98. The zero-order chi connectivity index (χ0) is 19.9. The van der Waals surface area contributed by atoms with Crippen molar-refractivity contribution in [1.82, 2.24) is 9.21 Å². The predicted octanol–water partition coefficient (Wildman–Crippen LogP) is 1.22. The predicted molar refractivity (Wildman–Crippen MR) is 103 cm³/mol. The molecule has 0 bridgehead atoms. The topological polar surface area (TPSA) is 88.5 Å². The number of ether oxygens (including phenoxy) is 2. The van der Waals surface area contributed by atoms with Crippen molar-refractivity contribution in [2.75, 3.05) is 33.4 Å². The molecule has 0 aliphatic carbocycles.